The van der Waals surface area contributed by atoms with E-state index >= 15 is 0 Å². The molecule has 0 aliphatic carbocycles. The van der Waals surface area contributed by atoms with Gasteiger partial charge in [0, 0.05) is 10.1 Å². The molecule has 2 rings (SSSR count). The van der Waals surface area contributed by atoms with Crippen LogP contribution < -0.4 is 0 Å². The molecule has 1 aromatic carbocycles. The van der Waals surface area contributed by atoms with Gasteiger partial charge in [-0.25, -0.2) is 4.39 Å². The lowest BCUT2D eigenvalue weighted by atomic mass is 10.1. The number of carbonyl (C=O) groups is 1. The summed E-state index contributed by atoms with van der Waals surface area (Å²) in [7, 11) is 0. The van der Waals surface area contributed by atoms with Crippen LogP contribution in [0.5, 0.6) is 0 Å². The molecule has 4 heteroatoms. The van der Waals surface area contributed by atoms with Crippen LogP contribution in [0.2, 0.25) is 0 Å². The topological polar surface area (TPSA) is 17.1 Å². The number of rotatable bonds is 1. The average Bonchev–Trinajstić information content (AvgIpc) is 2.54. The molecular weight excluding hydrogens is 255 g/mol. The average molecular weight is 259 g/mol. The minimum absolute atomic E-state index is 0.130. The van der Waals surface area contributed by atoms with Crippen LogP contribution in [0, 0.1) is 5.82 Å². The zero-order chi connectivity index (χ0) is 9.42. The maximum Gasteiger partial charge on any atom is 0.153 e. The predicted octanol–water partition coefficient (Wildman–Crippen LogP) is 3.62. The van der Waals surface area contributed by atoms with Crippen molar-refractivity contribution in [1.82, 2.24) is 0 Å². The van der Waals surface area contributed by atoms with Crippen LogP contribution in [-0.4, -0.2) is 6.29 Å². The van der Waals surface area contributed by atoms with Gasteiger partial charge < -0.3 is 0 Å². The second kappa shape index (κ2) is 3.20. The molecule has 0 N–H and O–H groups in total. The summed E-state index contributed by atoms with van der Waals surface area (Å²) in [5, 5.41) is 2.52. The minimum Gasteiger partial charge on any atom is -0.298 e. The Balaban J connectivity index is 2.95. The van der Waals surface area contributed by atoms with Crippen LogP contribution in [0.25, 0.3) is 10.1 Å². The molecule has 0 saturated heterocycles. The number of thiophene rings is 1. The second-order valence-electron chi connectivity index (χ2n) is 2.54. The van der Waals surface area contributed by atoms with Gasteiger partial charge in [0.15, 0.2) is 6.29 Å². The van der Waals surface area contributed by atoms with Crippen molar-refractivity contribution in [2.75, 3.05) is 0 Å². The zero-order valence-electron chi connectivity index (χ0n) is 6.38. The largest absolute Gasteiger partial charge is 0.298 e. The van der Waals surface area contributed by atoms with Crippen molar-refractivity contribution in [3.63, 3.8) is 0 Å². The lowest BCUT2D eigenvalue weighted by Gasteiger charge is -1.99. The highest BCUT2D eigenvalue weighted by atomic mass is 79.9. The SMILES string of the molecule is O=Cc1c(F)c(Br)cc2sccc12. The molecule has 0 spiro atoms. The predicted molar refractivity (Wildman–Crippen MR) is 54.9 cm³/mol. The molecule has 0 bridgehead atoms. The van der Waals surface area contributed by atoms with E-state index in [0.717, 1.165) is 4.70 Å². The summed E-state index contributed by atoms with van der Waals surface area (Å²) in [5.41, 5.74) is 0.130. The van der Waals surface area contributed by atoms with Crippen molar-refractivity contribution in [2.24, 2.45) is 0 Å². The third kappa shape index (κ3) is 1.30. The fraction of sp³-hybridized carbons (Fsp3) is 0. The number of hydrogen-bond acceptors (Lipinski definition) is 2. The first-order valence-electron chi connectivity index (χ1n) is 3.54. The standard InChI is InChI=1S/C9H4BrFOS/c10-7-3-8-5(1-2-13-8)6(4-12)9(7)11/h1-4H. The van der Waals surface area contributed by atoms with E-state index in [1.807, 2.05) is 5.38 Å². The fourth-order valence-corrected chi connectivity index (χ4v) is 2.63. The van der Waals surface area contributed by atoms with Gasteiger partial charge in [-0.05, 0) is 33.4 Å². The molecule has 66 valence electrons. The van der Waals surface area contributed by atoms with Crippen molar-refractivity contribution in [3.8, 4) is 0 Å². The third-order valence-corrected chi connectivity index (χ3v) is 3.25. The van der Waals surface area contributed by atoms with Crippen LogP contribution in [0.3, 0.4) is 0 Å². The van der Waals surface area contributed by atoms with Gasteiger partial charge in [-0.2, -0.15) is 0 Å². The van der Waals surface area contributed by atoms with Crippen molar-refractivity contribution in [2.45, 2.75) is 0 Å². The smallest absolute Gasteiger partial charge is 0.153 e. The Kier molecular flexibility index (Phi) is 2.17. The number of aldehydes is 1. The molecule has 13 heavy (non-hydrogen) atoms. The van der Waals surface area contributed by atoms with Gasteiger partial charge in [0.1, 0.15) is 5.82 Å². The normalized spacial score (nSPS) is 10.6. The van der Waals surface area contributed by atoms with E-state index in [1.165, 1.54) is 11.3 Å². The maximum absolute atomic E-state index is 13.3. The van der Waals surface area contributed by atoms with Gasteiger partial charge >= 0.3 is 0 Å². The molecule has 1 heterocycles. The molecule has 0 saturated carbocycles. The summed E-state index contributed by atoms with van der Waals surface area (Å²) in [4.78, 5) is 10.6. The van der Waals surface area contributed by atoms with E-state index in [2.05, 4.69) is 15.9 Å². The summed E-state index contributed by atoms with van der Waals surface area (Å²) in [6.07, 6.45) is 0.551. The summed E-state index contributed by atoms with van der Waals surface area (Å²) < 4.78 is 14.6. The first-order valence-corrected chi connectivity index (χ1v) is 5.21. The highest BCUT2D eigenvalue weighted by molar-refractivity contribution is 9.10. The number of halogens is 2. The van der Waals surface area contributed by atoms with Crippen LogP contribution in [0.15, 0.2) is 22.0 Å². The Morgan fingerprint density at radius 3 is 3.00 bits per heavy atom. The number of hydrogen-bond donors (Lipinski definition) is 0. The van der Waals surface area contributed by atoms with E-state index in [0.29, 0.717) is 16.1 Å². The molecule has 1 aromatic heterocycles. The lowest BCUT2D eigenvalue weighted by molar-refractivity contribution is 0.112. The second-order valence-corrected chi connectivity index (χ2v) is 4.34. The van der Waals surface area contributed by atoms with Crippen LogP contribution in [0.1, 0.15) is 10.4 Å². The quantitative estimate of drug-likeness (QED) is 0.715. The molecule has 2 aromatic rings. The van der Waals surface area contributed by atoms with Crippen LogP contribution in [-0.2, 0) is 0 Å². The highest BCUT2D eigenvalue weighted by Gasteiger charge is 2.11. The van der Waals surface area contributed by atoms with Gasteiger partial charge in [-0.3, -0.25) is 4.79 Å². The monoisotopic (exact) mass is 258 g/mol. The summed E-state index contributed by atoms with van der Waals surface area (Å²) >= 11 is 4.55. The van der Waals surface area contributed by atoms with Crippen molar-refractivity contribution in [3.05, 3.63) is 33.4 Å². The van der Waals surface area contributed by atoms with Gasteiger partial charge in [0.2, 0.25) is 0 Å². The lowest BCUT2D eigenvalue weighted by Crippen LogP contribution is -1.89. The van der Waals surface area contributed by atoms with Crippen LogP contribution in [0.4, 0.5) is 4.39 Å². The Labute approximate surface area is 86.3 Å². The molecule has 0 unspecified atom stereocenters. The molecular formula is C9H4BrFOS. The fourth-order valence-electron chi connectivity index (χ4n) is 1.20. The summed E-state index contributed by atoms with van der Waals surface area (Å²) in [6.45, 7) is 0. The van der Waals surface area contributed by atoms with Crippen molar-refractivity contribution < 1.29 is 9.18 Å². The van der Waals surface area contributed by atoms with Gasteiger partial charge in [-0.1, -0.05) is 0 Å². The van der Waals surface area contributed by atoms with E-state index in [4.69, 9.17) is 0 Å². The molecule has 0 atom stereocenters. The molecule has 1 nitrogen and oxygen atoms in total. The van der Waals surface area contributed by atoms with Crippen molar-refractivity contribution in [1.29, 1.82) is 0 Å². The number of carbonyl (C=O) groups excluding carboxylic acids is 1. The van der Waals surface area contributed by atoms with E-state index in [-0.39, 0.29) is 5.56 Å². The Morgan fingerprint density at radius 1 is 1.54 bits per heavy atom. The zero-order valence-corrected chi connectivity index (χ0v) is 8.78. The van der Waals surface area contributed by atoms with E-state index < -0.39 is 5.82 Å². The summed E-state index contributed by atoms with van der Waals surface area (Å²) in [6, 6.07) is 3.43. The molecule has 0 fully saturated rings. The first kappa shape index (κ1) is 8.84. The summed E-state index contributed by atoms with van der Waals surface area (Å²) in [5.74, 6) is -0.485. The van der Waals surface area contributed by atoms with E-state index in [1.54, 1.807) is 12.1 Å². The van der Waals surface area contributed by atoms with Crippen molar-refractivity contribution >= 4 is 43.6 Å². The Hall–Kier alpha value is -0.740. The highest BCUT2D eigenvalue weighted by Crippen LogP contribution is 2.30. The molecule has 0 radical (unpaired) electrons. The minimum atomic E-state index is -0.485. The Morgan fingerprint density at radius 2 is 2.31 bits per heavy atom. The van der Waals surface area contributed by atoms with Gasteiger partial charge in [-0.15, -0.1) is 11.3 Å². The van der Waals surface area contributed by atoms with E-state index in [9.17, 15) is 9.18 Å². The first-order chi connectivity index (χ1) is 6.24. The van der Waals surface area contributed by atoms with Gasteiger partial charge in [0.25, 0.3) is 0 Å². The van der Waals surface area contributed by atoms with Gasteiger partial charge in [0.05, 0.1) is 10.0 Å². The maximum atomic E-state index is 13.3. The molecule has 0 aliphatic rings. The molecule has 0 aliphatic heterocycles. The Bertz CT molecular complexity index is 478. The third-order valence-electron chi connectivity index (χ3n) is 1.81. The number of benzene rings is 1. The molecule has 0 amide bonds. The number of fused-ring (bicyclic) bond motifs is 1. The van der Waals surface area contributed by atoms with Crippen LogP contribution >= 0.6 is 27.3 Å².